The fourth-order valence-electron chi connectivity index (χ4n) is 3.20. The van der Waals surface area contributed by atoms with Crippen molar-refractivity contribution in [2.24, 2.45) is 0 Å². The van der Waals surface area contributed by atoms with E-state index in [9.17, 15) is 14.0 Å². The molecule has 0 unspecified atom stereocenters. The number of carbonyl (C=O) groups is 2. The highest BCUT2D eigenvalue weighted by Gasteiger charge is 2.25. The largest absolute Gasteiger partial charge is 0.355 e. The summed E-state index contributed by atoms with van der Waals surface area (Å²) in [4.78, 5) is 28.4. The van der Waals surface area contributed by atoms with Gasteiger partial charge < -0.3 is 10.2 Å². The summed E-state index contributed by atoms with van der Waals surface area (Å²) in [5.74, 6) is -0.377. The van der Waals surface area contributed by atoms with E-state index in [4.69, 9.17) is 0 Å². The quantitative estimate of drug-likeness (QED) is 0.855. The lowest BCUT2D eigenvalue weighted by Crippen LogP contribution is -2.51. The predicted molar refractivity (Wildman–Crippen MR) is 99.3 cm³/mol. The Balaban J connectivity index is 1.64. The van der Waals surface area contributed by atoms with E-state index in [1.807, 2.05) is 18.7 Å². The lowest BCUT2D eigenvalue weighted by atomic mass is 10.2. The maximum atomic E-state index is 13.1. The van der Waals surface area contributed by atoms with Crippen LogP contribution in [0.4, 0.5) is 4.39 Å². The van der Waals surface area contributed by atoms with Crippen LogP contribution in [0.1, 0.15) is 23.0 Å². The molecular formula is C19H24FN5O2. The third-order valence-electron chi connectivity index (χ3n) is 4.71. The van der Waals surface area contributed by atoms with Gasteiger partial charge in [-0.3, -0.25) is 14.5 Å². The molecule has 0 saturated carbocycles. The van der Waals surface area contributed by atoms with Gasteiger partial charge in [0.1, 0.15) is 5.82 Å². The SMILES string of the molecule is CCNC(=O)CN1CCN(C(=O)c2cnn(-c3ccc(F)cc3)c2C)CC1. The number of amides is 2. The first kappa shape index (κ1) is 19.0. The van der Waals surface area contributed by atoms with Gasteiger partial charge in [0.15, 0.2) is 0 Å². The minimum Gasteiger partial charge on any atom is -0.355 e. The summed E-state index contributed by atoms with van der Waals surface area (Å²) in [6.45, 7) is 7.16. The number of aromatic nitrogens is 2. The highest BCUT2D eigenvalue weighted by atomic mass is 19.1. The van der Waals surface area contributed by atoms with Crippen LogP contribution in [0.15, 0.2) is 30.5 Å². The first-order valence-electron chi connectivity index (χ1n) is 9.08. The average molecular weight is 373 g/mol. The fraction of sp³-hybridized carbons (Fsp3) is 0.421. The molecule has 1 aromatic heterocycles. The monoisotopic (exact) mass is 373 g/mol. The lowest BCUT2D eigenvalue weighted by molar-refractivity contribution is -0.122. The van der Waals surface area contributed by atoms with Gasteiger partial charge in [-0.2, -0.15) is 5.10 Å². The second-order valence-corrected chi connectivity index (χ2v) is 6.55. The molecule has 27 heavy (non-hydrogen) atoms. The second-order valence-electron chi connectivity index (χ2n) is 6.55. The molecule has 8 heteroatoms. The van der Waals surface area contributed by atoms with Crippen molar-refractivity contribution in [1.29, 1.82) is 0 Å². The van der Waals surface area contributed by atoms with Gasteiger partial charge in [0, 0.05) is 32.7 Å². The van der Waals surface area contributed by atoms with E-state index in [2.05, 4.69) is 10.4 Å². The third kappa shape index (κ3) is 4.33. The van der Waals surface area contributed by atoms with Crippen LogP contribution in [0.3, 0.4) is 0 Å². The van der Waals surface area contributed by atoms with Crippen LogP contribution in [0.5, 0.6) is 0 Å². The molecule has 7 nitrogen and oxygen atoms in total. The molecule has 2 amide bonds. The van der Waals surface area contributed by atoms with E-state index in [1.54, 1.807) is 27.9 Å². The third-order valence-corrected chi connectivity index (χ3v) is 4.71. The number of hydrogen-bond donors (Lipinski definition) is 1. The van der Waals surface area contributed by atoms with Gasteiger partial charge in [-0.1, -0.05) is 0 Å². The van der Waals surface area contributed by atoms with Crippen LogP contribution < -0.4 is 5.32 Å². The molecule has 1 aliphatic heterocycles. The Hall–Kier alpha value is -2.74. The molecule has 1 aromatic carbocycles. The van der Waals surface area contributed by atoms with Gasteiger partial charge in [-0.15, -0.1) is 0 Å². The van der Waals surface area contributed by atoms with Crippen molar-refractivity contribution >= 4 is 11.8 Å². The summed E-state index contributed by atoms with van der Waals surface area (Å²) in [5, 5.41) is 7.08. The summed E-state index contributed by atoms with van der Waals surface area (Å²) >= 11 is 0. The standard InChI is InChI=1S/C19H24FN5O2/c1-3-21-18(26)13-23-8-10-24(11-9-23)19(27)17-12-22-25(14(17)2)16-6-4-15(20)5-7-16/h4-7,12H,3,8-11,13H2,1-2H3,(H,21,26). The Kier molecular flexibility index (Phi) is 5.85. The minimum absolute atomic E-state index is 0.00805. The maximum absolute atomic E-state index is 13.1. The fourth-order valence-corrected chi connectivity index (χ4v) is 3.20. The summed E-state index contributed by atoms with van der Waals surface area (Å²) < 4.78 is 14.8. The molecule has 1 aliphatic rings. The van der Waals surface area contributed by atoms with Crippen molar-refractivity contribution in [3.8, 4) is 5.69 Å². The maximum Gasteiger partial charge on any atom is 0.257 e. The van der Waals surface area contributed by atoms with E-state index >= 15 is 0 Å². The topological polar surface area (TPSA) is 70.5 Å². The molecule has 0 bridgehead atoms. The van der Waals surface area contributed by atoms with E-state index < -0.39 is 0 Å². The molecular weight excluding hydrogens is 349 g/mol. The number of piperazine rings is 1. The van der Waals surface area contributed by atoms with E-state index in [-0.39, 0.29) is 17.6 Å². The van der Waals surface area contributed by atoms with Gasteiger partial charge in [-0.25, -0.2) is 9.07 Å². The number of rotatable bonds is 5. The second kappa shape index (κ2) is 8.30. The molecule has 0 atom stereocenters. The smallest absolute Gasteiger partial charge is 0.257 e. The Labute approximate surface area is 157 Å². The number of carbonyl (C=O) groups excluding carboxylic acids is 2. The first-order chi connectivity index (χ1) is 13.0. The lowest BCUT2D eigenvalue weighted by Gasteiger charge is -2.34. The van der Waals surface area contributed by atoms with Gasteiger partial charge in [0.25, 0.3) is 5.91 Å². The van der Waals surface area contributed by atoms with Crippen LogP contribution in [-0.4, -0.2) is 70.7 Å². The van der Waals surface area contributed by atoms with Crippen molar-refractivity contribution in [2.75, 3.05) is 39.3 Å². The van der Waals surface area contributed by atoms with Crippen LogP contribution in [0.2, 0.25) is 0 Å². The van der Waals surface area contributed by atoms with Gasteiger partial charge in [-0.05, 0) is 38.1 Å². The first-order valence-corrected chi connectivity index (χ1v) is 9.08. The number of nitrogens with one attached hydrogen (secondary N) is 1. The molecule has 0 spiro atoms. The Morgan fingerprint density at radius 1 is 1.15 bits per heavy atom. The molecule has 144 valence electrons. The Bertz CT molecular complexity index is 810. The number of benzene rings is 1. The van der Waals surface area contributed by atoms with Gasteiger partial charge in [0.05, 0.1) is 29.7 Å². The van der Waals surface area contributed by atoms with Gasteiger partial charge >= 0.3 is 0 Å². The van der Waals surface area contributed by atoms with E-state index in [0.29, 0.717) is 50.5 Å². The van der Waals surface area contributed by atoms with E-state index in [1.165, 1.54) is 12.1 Å². The molecule has 1 fully saturated rings. The zero-order chi connectivity index (χ0) is 19.4. The zero-order valence-electron chi connectivity index (χ0n) is 15.6. The van der Waals surface area contributed by atoms with Crippen LogP contribution >= 0.6 is 0 Å². The zero-order valence-corrected chi connectivity index (χ0v) is 15.6. The number of likely N-dealkylation sites (N-methyl/N-ethyl adjacent to an activating group) is 1. The molecule has 1 N–H and O–H groups in total. The van der Waals surface area contributed by atoms with Gasteiger partial charge in [0.2, 0.25) is 5.91 Å². The molecule has 0 aliphatic carbocycles. The number of nitrogens with zero attached hydrogens (tertiary/aromatic N) is 4. The molecule has 1 saturated heterocycles. The molecule has 2 heterocycles. The average Bonchev–Trinajstić information content (AvgIpc) is 3.04. The predicted octanol–water partition coefficient (Wildman–Crippen LogP) is 1.21. The Morgan fingerprint density at radius 3 is 2.44 bits per heavy atom. The van der Waals surface area contributed by atoms with Crippen molar-refractivity contribution in [2.45, 2.75) is 13.8 Å². The molecule has 3 rings (SSSR count). The summed E-state index contributed by atoms with van der Waals surface area (Å²) in [6, 6.07) is 5.99. The number of hydrogen-bond acceptors (Lipinski definition) is 4. The van der Waals surface area contributed by atoms with Crippen LogP contribution in [0, 0.1) is 12.7 Å². The van der Waals surface area contributed by atoms with E-state index in [0.717, 1.165) is 5.69 Å². The highest BCUT2D eigenvalue weighted by Crippen LogP contribution is 2.17. The van der Waals surface area contributed by atoms with Crippen molar-refractivity contribution < 1.29 is 14.0 Å². The number of halogens is 1. The Morgan fingerprint density at radius 2 is 1.81 bits per heavy atom. The highest BCUT2D eigenvalue weighted by molar-refractivity contribution is 5.95. The summed E-state index contributed by atoms with van der Waals surface area (Å²) in [7, 11) is 0. The molecule has 0 radical (unpaired) electrons. The normalized spacial score (nSPS) is 15.0. The van der Waals surface area contributed by atoms with Crippen LogP contribution in [-0.2, 0) is 4.79 Å². The summed E-state index contributed by atoms with van der Waals surface area (Å²) in [5.41, 5.74) is 1.97. The summed E-state index contributed by atoms with van der Waals surface area (Å²) in [6.07, 6.45) is 1.56. The van der Waals surface area contributed by atoms with Crippen molar-refractivity contribution in [1.82, 2.24) is 24.9 Å². The minimum atomic E-state index is -0.314. The molecule has 2 aromatic rings. The van der Waals surface area contributed by atoms with Crippen LogP contribution in [0.25, 0.3) is 5.69 Å². The van der Waals surface area contributed by atoms with Crippen molar-refractivity contribution in [3.05, 3.63) is 47.5 Å². The van der Waals surface area contributed by atoms with Crippen molar-refractivity contribution in [3.63, 3.8) is 0 Å².